The van der Waals surface area contributed by atoms with Gasteiger partial charge in [-0.1, -0.05) is 5.11 Å². The van der Waals surface area contributed by atoms with Crippen molar-refractivity contribution in [1.82, 2.24) is 5.32 Å². The summed E-state index contributed by atoms with van der Waals surface area (Å²) in [5, 5.41) is 14.5. The summed E-state index contributed by atoms with van der Waals surface area (Å²) in [5.74, 6) is -0.539. The topological polar surface area (TPSA) is 128 Å². The van der Waals surface area contributed by atoms with Crippen LogP contribution >= 0.6 is 0 Å². The molecule has 0 saturated carbocycles. The predicted molar refractivity (Wildman–Crippen MR) is 45.2 cm³/mol. The van der Waals surface area contributed by atoms with Crippen LogP contribution < -0.4 is 11.1 Å². The average Bonchev–Trinajstić information content (AvgIpc) is 2.09. The van der Waals surface area contributed by atoms with Crippen LogP contribution in [0.1, 0.15) is 6.42 Å². The van der Waals surface area contributed by atoms with Gasteiger partial charge in [0.1, 0.15) is 6.04 Å². The molecule has 0 radical (unpaired) electrons. The normalized spacial score (nSPS) is 11.0. The Labute approximate surface area is 75.1 Å². The SMILES string of the molecule is N#CC(CC(N)=O)NCCN=[N+]=[N-]. The quantitative estimate of drug-likeness (QED) is 0.252. The van der Waals surface area contributed by atoms with Crippen molar-refractivity contribution < 1.29 is 4.79 Å². The molecule has 0 aliphatic rings. The molecule has 1 unspecified atom stereocenters. The maximum atomic E-state index is 10.4. The zero-order chi connectivity index (χ0) is 10.1. The molecule has 7 heteroatoms. The van der Waals surface area contributed by atoms with Crippen LogP contribution in [0, 0.1) is 11.3 Å². The first-order valence-electron chi connectivity index (χ1n) is 3.63. The number of nitrogens with one attached hydrogen (secondary N) is 1. The largest absolute Gasteiger partial charge is 0.370 e. The molecule has 0 fully saturated rings. The van der Waals surface area contributed by atoms with Crippen molar-refractivity contribution in [3.05, 3.63) is 10.4 Å². The third-order valence-electron chi connectivity index (χ3n) is 1.23. The van der Waals surface area contributed by atoms with Crippen LogP contribution in [0.3, 0.4) is 0 Å². The number of hydrogen-bond donors (Lipinski definition) is 2. The number of nitriles is 1. The Bertz CT molecular complexity index is 250. The third-order valence-corrected chi connectivity index (χ3v) is 1.23. The van der Waals surface area contributed by atoms with Gasteiger partial charge in [0, 0.05) is 18.0 Å². The van der Waals surface area contributed by atoms with Crippen LogP contribution in [0.25, 0.3) is 10.4 Å². The molecule has 3 N–H and O–H groups in total. The molecule has 13 heavy (non-hydrogen) atoms. The lowest BCUT2D eigenvalue weighted by atomic mass is 10.2. The fraction of sp³-hybridized carbons (Fsp3) is 0.667. The zero-order valence-electron chi connectivity index (χ0n) is 6.97. The second kappa shape index (κ2) is 6.91. The summed E-state index contributed by atoms with van der Waals surface area (Å²) in [4.78, 5) is 12.9. The zero-order valence-corrected chi connectivity index (χ0v) is 6.97. The number of hydrogen-bond acceptors (Lipinski definition) is 4. The Morgan fingerprint density at radius 3 is 3.00 bits per heavy atom. The molecule has 0 aliphatic heterocycles. The van der Waals surface area contributed by atoms with E-state index in [2.05, 4.69) is 15.3 Å². The van der Waals surface area contributed by atoms with E-state index in [4.69, 9.17) is 16.5 Å². The number of rotatable bonds is 6. The van der Waals surface area contributed by atoms with E-state index in [0.29, 0.717) is 6.54 Å². The molecular weight excluding hydrogens is 172 g/mol. The number of azide groups is 1. The van der Waals surface area contributed by atoms with Crippen LogP contribution in [0.5, 0.6) is 0 Å². The highest BCUT2D eigenvalue weighted by atomic mass is 16.1. The molecule has 0 spiro atoms. The minimum atomic E-state index is -0.605. The van der Waals surface area contributed by atoms with Gasteiger partial charge in [-0.2, -0.15) is 5.26 Å². The van der Waals surface area contributed by atoms with Gasteiger partial charge in [-0.15, -0.1) is 0 Å². The van der Waals surface area contributed by atoms with Gasteiger partial charge in [0.15, 0.2) is 0 Å². The van der Waals surface area contributed by atoms with Crippen LogP contribution in [0.15, 0.2) is 5.11 Å². The Hall–Kier alpha value is -1.77. The van der Waals surface area contributed by atoms with E-state index in [1.165, 1.54) is 0 Å². The summed E-state index contributed by atoms with van der Waals surface area (Å²) < 4.78 is 0. The molecule has 70 valence electrons. The highest BCUT2D eigenvalue weighted by molar-refractivity contribution is 5.74. The maximum Gasteiger partial charge on any atom is 0.220 e. The number of amides is 1. The number of carbonyl (C=O) groups is 1. The molecule has 0 aromatic rings. The van der Waals surface area contributed by atoms with Crippen molar-refractivity contribution in [2.24, 2.45) is 10.8 Å². The van der Waals surface area contributed by atoms with Gasteiger partial charge < -0.3 is 11.1 Å². The van der Waals surface area contributed by atoms with Gasteiger partial charge >= 0.3 is 0 Å². The van der Waals surface area contributed by atoms with Gasteiger partial charge in [-0.3, -0.25) is 4.79 Å². The molecule has 7 nitrogen and oxygen atoms in total. The first kappa shape index (κ1) is 11.2. The van der Waals surface area contributed by atoms with Crippen LogP contribution in [0.2, 0.25) is 0 Å². The van der Waals surface area contributed by atoms with Crippen LogP contribution in [-0.2, 0) is 4.79 Å². The number of nitrogens with zero attached hydrogens (tertiary/aromatic N) is 4. The van der Waals surface area contributed by atoms with Gasteiger partial charge in [0.25, 0.3) is 0 Å². The molecule has 1 atom stereocenters. The maximum absolute atomic E-state index is 10.4. The Morgan fingerprint density at radius 2 is 2.54 bits per heavy atom. The monoisotopic (exact) mass is 182 g/mol. The van der Waals surface area contributed by atoms with Crippen molar-refractivity contribution in [3.63, 3.8) is 0 Å². The fourth-order valence-corrected chi connectivity index (χ4v) is 0.698. The molecule has 0 saturated heterocycles. The molecule has 1 amide bonds. The van der Waals surface area contributed by atoms with Gasteiger partial charge in [-0.25, -0.2) is 0 Å². The highest BCUT2D eigenvalue weighted by Gasteiger charge is 2.08. The van der Waals surface area contributed by atoms with Gasteiger partial charge in [0.05, 0.1) is 12.5 Å². The fourth-order valence-electron chi connectivity index (χ4n) is 0.698. The lowest BCUT2D eigenvalue weighted by Gasteiger charge is -2.06. The average molecular weight is 182 g/mol. The van der Waals surface area contributed by atoms with E-state index in [9.17, 15) is 4.79 Å². The van der Waals surface area contributed by atoms with Crippen LogP contribution in [-0.4, -0.2) is 25.0 Å². The number of carbonyl (C=O) groups excluding carboxylic acids is 1. The lowest BCUT2D eigenvalue weighted by molar-refractivity contribution is -0.118. The summed E-state index contributed by atoms with van der Waals surface area (Å²) in [6.07, 6.45) is -0.0350. The minimum Gasteiger partial charge on any atom is -0.370 e. The molecule has 0 rings (SSSR count). The molecule has 0 aromatic heterocycles. The van der Waals surface area contributed by atoms with Gasteiger partial charge in [-0.05, 0) is 5.53 Å². The summed E-state index contributed by atoms with van der Waals surface area (Å²) in [6, 6.07) is 1.26. The van der Waals surface area contributed by atoms with E-state index in [1.807, 2.05) is 6.07 Å². The first-order valence-corrected chi connectivity index (χ1v) is 3.63. The molecule has 0 bridgehead atoms. The van der Waals surface area contributed by atoms with Crippen molar-refractivity contribution in [2.75, 3.05) is 13.1 Å². The molecule has 0 aliphatic carbocycles. The number of nitrogens with two attached hydrogens (primary N) is 1. The third kappa shape index (κ3) is 6.62. The van der Waals surface area contributed by atoms with E-state index in [-0.39, 0.29) is 13.0 Å². The summed E-state index contributed by atoms with van der Waals surface area (Å²) in [7, 11) is 0. The highest BCUT2D eigenvalue weighted by Crippen LogP contribution is 1.87. The second-order valence-corrected chi connectivity index (χ2v) is 2.26. The second-order valence-electron chi connectivity index (χ2n) is 2.26. The standard InChI is InChI=1S/C6H10N6O/c7-4-5(3-6(8)13)10-1-2-11-12-9/h5,10H,1-3H2,(H2,8,13). The molecule has 0 heterocycles. The van der Waals surface area contributed by atoms with Crippen molar-refractivity contribution in [2.45, 2.75) is 12.5 Å². The Balaban J connectivity index is 3.67. The van der Waals surface area contributed by atoms with Crippen molar-refractivity contribution in [3.8, 4) is 6.07 Å². The smallest absolute Gasteiger partial charge is 0.220 e. The minimum absolute atomic E-state index is 0.0350. The Morgan fingerprint density at radius 1 is 1.85 bits per heavy atom. The van der Waals surface area contributed by atoms with Gasteiger partial charge in [0.2, 0.25) is 5.91 Å². The van der Waals surface area contributed by atoms with E-state index in [1.54, 1.807) is 0 Å². The van der Waals surface area contributed by atoms with Crippen molar-refractivity contribution in [1.29, 1.82) is 5.26 Å². The molecular formula is C6H10N6O. The van der Waals surface area contributed by atoms with Crippen LogP contribution in [0.4, 0.5) is 0 Å². The van der Waals surface area contributed by atoms with E-state index >= 15 is 0 Å². The lowest BCUT2D eigenvalue weighted by Crippen LogP contribution is -2.33. The summed E-state index contributed by atoms with van der Waals surface area (Å²) >= 11 is 0. The number of primary amides is 1. The summed E-state index contributed by atoms with van der Waals surface area (Å²) in [5.41, 5.74) is 12.8. The Kier molecular flexibility index (Phi) is 5.97. The van der Waals surface area contributed by atoms with E-state index < -0.39 is 11.9 Å². The summed E-state index contributed by atoms with van der Waals surface area (Å²) in [6.45, 7) is 0.600. The van der Waals surface area contributed by atoms with Crippen molar-refractivity contribution >= 4 is 5.91 Å². The first-order chi connectivity index (χ1) is 6.20. The van der Waals surface area contributed by atoms with E-state index in [0.717, 1.165) is 0 Å². The predicted octanol–water partition coefficient (Wildman–Crippen LogP) is -0.346. The molecule has 0 aromatic carbocycles.